The van der Waals surface area contributed by atoms with Gasteiger partial charge in [0.25, 0.3) is 0 Å². The number of rotatable bonds is 5. The van der Waals surface area contributed by atoms with Crippen molar-refractivity contribution in [2.75, 3.05) is 20.1 Å². The van der Waals surface area contributed by atoms with E-state index in [1.54, 1.807) is 14.0 Å². The topological polar surface area (TPSA) is 52.6 Å². The van der Waals surface area contributed by atoms with Crippen LogP contribution in [0.5, 0.6) is 0 Å². The van der Waals surface area contributed by atoms with E-state index in [9.17, 15) is 9.90 Å². The first-order chi connectivity index (χ1) is 8.88. The van der Waals surface area contributed by atoms with E-state index >= 15 is 0 Å². The van der Waals surface area contributed by atoms with E-state index in [0.717, 1.165) is 6.42 Å². The second-order valence-electron chi connectivity index (χ2n) is 5.21. The molecule has 1 aromatic carbocycles. The molecule has 0 aromatic heterocycles. The third-order valence-electron chi connectivity index (χ3n) is 2.86. The third-order valence-corrected chi connectivity index (χ3v) is 2.86. The maximum absolute atomic E-state index is 11.7. The van der Waals surface area contributed by atoms with Gasteiger partial charge in [-0.2, -0.15) is 0 Å². The number of aliphatic hydroxyl groups excluding tert-OH is 1. The molecule has 4 heteroatoms. The number of aryl methyl sites for hydroxylation is 2. The van der Waals surface area contributed by atoms with Crippen LogP contribution in [0.3, 0.4) is 0 Å². The number of aliphatic hydroxyl groups is 1. The van der Waals surface area contributed by atoms with Gasteiger partial charge in [0, 0.05) is 20.1 Å². The molecule has 0 aliphatic carbocycles. The van der Waals surface area contributed by atoms with Crippen LogP contribution < -0.4 is 5.32 Å². The summed E-state index contributed by atoms with van der Waals surface area (Å²) >= 11 is 0. The number of likely N-dealkylation sites (N-methyl/N-ethyl adjacent to an activating group) is 1. The Labute approximate surface area is 115 Å². The zero-order valence-electron chi connectivity index (χ0n) is 12.2. The Bertz CT molecular complexity index is 410. The zero-order valence-corrected chi connectivity index (χ0v) is 12.2. The Morgan fingerprint density at radius 2 is 1.89 bits per heavy atom. The van der Waals surface area contributed by atoms with Gasteiger partial charge in [0.2, 0.25) is 0 Å². The Morgan fingerprint density at radius 1 is 1.32 bits per heavy atom. The van der Waals surface area contributed by atoms with Gasteiger partial charge in [-0.15, -0.1) is 0 Å². The average Bonchev–Trinajstić information content (AvgIpc) is 2.26. The second kappa shape index (κ2) is 7.14. The fraction of sp³-hybridized carbons (Fsp3) is 0.533. The molecule has 1 aromatic rings. The van der Waals surface area contributed by atoms with Crippen LogP contribution in [-0.4, -0.2) is 42.3 Å². The SMILES string of the molecule is Cc1cc(C)cc(CCNC(=O)N(C)CC(C)O)c1. The van der Waals surface area contributed by atoms with Crippen LogP contribution in [0.25, 0.3) is 0 Å². The first-order valence-corrected chi connectivity index (χ1v) is 6.62. The van der Waals surface area contributed by atoms with Gasteiger partial charge < -0.3 is 15.3 Å². The molecule has 1 rings (SSSR count). The maximum Gasteiger partial charge on any atom is 0.317 e. The number of hydrogen-bond acceptors (Lipinski definition) is 2. The quantitative estimate of drug-likeness (QED) is 0.853. The van der Waals surface area contributed by atoms with Crippen LogP contribution in [0.2, 0.25) is 0 Å². The molecule has 1 atom stereocenters. The zero-order chi connectivity index (χ0) is 14.4. The van der Waals surface area contributed by atoms with Gasteiger partial charge in [-0.25, -0.2) is 4.79 Å². The van der Waals surface area contributed by atoms with Gasteiger partial charge >= 0.3 is 6.03 Å². The van der Waals surface area contributed by atoms with Crippen LogP contribution in [0.1, 0.15) is 23.6 Å². The molecule has 19 heavy (non-hydrogen) atoms. The highest BCUT2D eigenvalue weighted by atomic mass is 16.3. The van der Waals surface area contributed by atoms with Crippen molar-refractivity contribution in [3.8, 4) is 0 Å². The summed E-state index contributed by atoms with van der Waals surface area (Å²) in [7, 11) is 1.68. The molecule has 0 aliphatic heterocycles. The number of nitrogens with zero attached hydrogens (tertiary/aromatic N) is 1. The van der Waals surface area contributed by atoms with Gasteiger partial charge in [-0.1, -0.05) is 29.3 Å². The summed E-state index contributed by atoms with van der Waals surface area (Å²) in [6, 6.07) is 6.26. The predicted octanol–water partition coefficient (Wildman–Crippen LogP) is 1.87. The number of hydrogen-bond donors (Lipinski definition) is 2. The Morgan fingerprint density at radius 3 is 2.42 bits per heavy atom. The lowest BCUT2D eigenvalue weighted by atomic mass is 10.1. The van der Waals surface area contributed by atoms with Crippen LogP contribution in [0, 0.1) is 13.8 Å². The van der Waals surface area contributed by atoms with Crippen molar-refractivity contribution in [3.05, 3.63) is 34.9 Å². The van der Waals surface area contributed by atoms with Crippen molar-refractivity contribution in [2.24, 2.45) is 0 Å². The third kappa shape index (κ3) is 5.75. The van der Waals surface area contributed by atoms with E-state index in [-0.39, 0.29) is 6.03 Å². The van der Waals surface area contributed by atoms with Gasteiger partial charge in [0.05, 0.1) is 6.10 Å². The molecule has 4 nitrogen and oxygen atoms in total. The fourth-order valence-corrected chi connectivity index (χ4v) is 2.14. The van der Waals surface area contributed by atoms with Crippen molar-refractivity contribution in [1.29, 1.82) is 0 Å². The van der Waals surface area contributed by atoms with E-state index in [4.69, 9.17) is 0 Å². The summed E-state index contributed by atoms with van der Waals surface area (Å²) in [4.78, 5) is 13.2. The molecule has 0 heterocycles. The van der Waals surface area contributed by atoms with Crippen molar-refractivity contribution < 1.29 is 9.90 Å². The molecule has 1 unspecified atom stereocenters. The highest BCUT2D eigenvalue weighted by Gasteiger charge is 2.09. The minimum atomic E-state index is -0.504. The highest BCUT2D eigenvalue weighted by molar-refractivity contribution is 5.73. The molecule has 2 N–H and O–H groups in total. The van der Waals surface area contributed by atoms with Crippen LogP contribution in [0.4, 0.5) is 4.79 Å². The van der Waals surface area contributed by atoms with Crippen LogP contribution >= 0.6 is 0 Å². The summed E-state index contributed by atoms with van der Waals surface area (Å²) in [5.41, 5.74) is 3.72. The lowest BCUT2D eigenvalue weighted by Gasteiger charge is -2.19. The molecule has 0 radical (unpaired) electrons. The van der Waals surface area contributed by atoms with Crippen molar-refractivity contribution in [2.45, 2.75) is 33.3 Å². The molecule has 0 fully saturated rings. The van der Waals surface area contributed by atoms with Gasteiger partial charge in [-0.3, -0.25) is 0 Å². The maximum atomic E-state index is 11.7. The summed E-state index contributed by atoms with van der Waals surface area (Å²) < 4.78 is 0. The lowest BCUT2D eigenvalue weighted by Crippen LogP contribution is -2.41. The van der Waals surface area contributed by atoms with E-state index in [1.165, 1.54) is 21.6 Å². The number of urea groups is 1. The van der Waals surface area contributed by atoms with Crippen molar-refractivity contribution >= 4 is 6.03 Å². The molecule has 0 saturated carbocycles. The van der Waals surface area contributed by atoms with Crippen LogP contribution in [0.15, 0.2) is 18.2 Å². The van der Waals surface area contributed by atoms with Crippen molar-refractivity contribution in [3.63, 3.8) is 0 Å². The molecule has 2 amide bonds. The van der Waals surface area contributed by atoms with Gasteiger partial charge in [0.15, 0.2) is 0 Å². The summed E-state index contributed by atoms with van der Waals surface area (Å²) in [6.07, 6.45) is 0.312. The van der Waals surface area contributed by atoms with E-state index < -0.39 is 6.10 Å². The molecule has 0 bridgehead atoms. The number of benzene rings is 1. The largest absolute Gasteiger partial charge is 0.392 e. The highest BCUT2D eigenvalue weighted by Crippen LogP contribution is 2.09. The smallest absolute Gasteiger partial charge is 0.317 e. The van der Waals surface area contributed by atoms with Gasteiger partial charge in [-0.05, 0) is 32.8 Å². The van der Waals surface area contributed by atoms with Crippen LogP contribution in [-0.2, 0) is 6.42 Å². The summed E-state index contributed by atoms with van der Waals surface area (Å²) in [5.74, 6) is 0. The second-order valence-corrected chi connectivity index (χ2v) is 5.21. The number of carbonyl (C=O) groups excluding carboxylic acids is 1. The standard InChI is InChI=1S/C15H24N2O2/c1-11-7-12(2)9-14(8-11)5-6-16-15(19)17(4)10-13(3)18/h7-9,13,18H,5-6,10H2,1-4H3,(H,16,19). The number of amides is 2. The Balaban J connectivity index is 2.39. The van der Waals surface area contributed by atoms with E-state index in [2.05, 4.69) is 37.4 Å². The lowest BCUT2D eigenvalue weighted by molar-refractivity contribution is 0.144. The molecule has 106 valence electrons. The fourth-order valence-electron chi connectivity index (χ4n) is 2.14. The first-order valence-electron chi connectivity index (χ1n) is 6.62. The summed E-state index contributed by atoms with van der Waals surface area (Å²) in [6.45, 7) is 6.76. The molecule has 0 spiro atoms. The van der Waals surface area contributed by atoms with E-state index in [1.807, 2.05) is 0 Å². The molecular weight excluding hydrogens is 240 g/mol. The Hall–Kier alpha value is -1.55. The average molecular weight is 264 g/mol. The predicted molar refractivity (Wildman–Crippen MR) is 77.3 cm³/mol. The van der Waals surface area contributed by atoms with Crippen molar-refractivity contribution in [1.82, 2.24) is 10.2 Å². The number of nitrogens with one attached hydrogen (secondary N) is 1. The van der Waals surface area contributed by atoms with E-state index in [0.29, 0.717) is 13.1 Å². The monoisotopic (exact) mass is 264 g/mol. The molecule has 0 saturated heterocycles. The number of carbonyl (C=O) groups is 1. The first kappa shape index (κ1) is 15.5. The summed E-state index contributed by atoms with van der Waals surface area (Å²) in [5, 5.41) is 12.1. The normalized spacial score (nSPS) is 12.1. The van der Waals surface area contributed by atoms with Gasteiger partial charge in [0.1, 0.15) is 0 Å². The molecule has 0 aliphatic rings. The Kier molecular flexibility index (Phi) is 5.83. The minimum absolute atomic E-state index is 0.148. The molecular formula is C15H24N2O2. The minimum Gasteiger partial charge on any atom is -0.392 e.